The number of carboxylic acid groups (broad SMARTS) is 1. The summed E-state index contributed by atoms with van der Waals surface area (Å²) in [6.45, 7) is 0. The van der Waals surface area contributed by atoms with Gasteiger partial charge in [-0.2, -0.15) is 4.39 Å². The van der Waals surface area contributed by atoms with Crippen LogP contribution in [0.1, 0.15) is 36.0 Å². The van der Waals surface area contributed by atoms with E-state index in [1.807, 2.05) is 0 Å². The molecule has 1 saturated carbocycles. The summed E-state index contributed by atoms with van der Waals surface area (Å²) in [5.41, 5.74) is -1.13. The van der Waals surface area contributed by atoms with Gasteiger partial charge in [-0.15, -0.1) is 0 Å². The van der Waals surface area contributed by atoms with Gasteiger partial charge in [0.25, 0.3) is 5.91 Å². The zero-order valence-electron chi connectivity index (χ0n) is 9.65. The fourth-order valence-corrected chi connectivity index (χ4v) is 2.20. The van der Waals surface area contributed by atoms with Crippen molar-refractivity contribution in [2.75, 3.05) is 0 Å². The first-order chi connectivity index (χ1) is 8.53. The number of carbonyl (C=O) groups excluding carboxylic acids is 1. The molecule has 96 valence electrons. The number of nitrogens with one attached hydrogen (secondary N) is 1. The Bertz CT molecular complexity index is 484. The molecule has 0 radical (unpaired) electrons. The summed E-state index contributed by atoms with van der Waals surface area (Å²) in [6, 6.07) is 2.34. The molecule has 0 bridgehead atoms. The van der Waals surface area contributed by atoms with E-state index in [0.29, 0.717) is 12.8 Å². The second-order valence-corrected chi connectivity index (χ2v) is 4.42. The molecule has 0 spiro atoms. The fourth-order valence-electron chi connectivity index (χ4n) is 2.20. The van der Waals surface area contributed by atoms with Crippen molar-refractivity contribution < 1.29 is 19.1 Å². The molecule has 0 aromatic carbocycles. The van der Waals surface area contributed by atoms with Crippen LogP contribution >= 0.6 is 0 Å². The highest BCUT2D eigenvalue weighted by Gasteiger charge is 2.42. The smallest absolute Gasteiger partial charge is 0.329 e. The van der Waals surface area contributed by atoms with E-state index >= 15 is 0 Å². The van der Waals surface area contributed by atoms with E-state index in [4.69, 9.17) is 0 Å². The molecule has 0 saturated heterocycles. The third kappa shape index (κ3) is 2.32. The third-order valence-corrected chi connectivity index (χ3v) is 3.21. The molecule has 18 heavy (non-hydrogen) atoms. The molecule has 5 nitrogen and oxygen atoms in total. The zero-order chi connectivity index (χ0) is 13.2. The predicted molar refractivity (Wildman–Crippen MR) is 60.5 cm³/mol. The van der Waals surface area contributed by atoms with Crippen molar-refractivity contribution in [1.82, 2.24) is 10.3 Å². The van der Waals surface area contributed by atoms with Crippen molar-refractivity contribution in [2.45, 2.75) is 31.2 Å². The molecule has 1 aliphatic rings. The molecule has 1 amide bonds. The minimum Gasteiger partial charge on any atom is -0.480 e. The quantitative estimate of drug-likeness (QED) is 0.796. The molecule has 0 unspecified atom stereocenters. The topological polar surface area (TPSA) is 79.3 Å². The Kier molecular flexibility index (Phi) is 3.27. The highest BCUT2D eigenvalue weighted by atomic mass is 19.1. The maximum atomic E-state index is 12.9. The van der Waals surface area contributed by atoms with Gasteiger partial charge in [-0.1, -0.05) is 12.8 Å². The van der Waals surface area contributed by atoms with Crippen molar-refractivity contribution in [2.24, 2.45) is 0 Å². The van der Waals surface area contributed by atoms with Gasteiger partial charge < -0.3 is 10.4 Å². The monoisotopic (exact) mass is 252 g/mol. The summed E-state index contributed by atoms with van der Waals surface area (Å²) in [5, 5.41) is 11.7. The number of amides is 1. The highest BCUT2D eigenvalue weighted by molar-refractivity contribution is 5.97. The number of rotatable bonds is 3. The number of carbonyl (C=O) groups is 2. The normalized spacial score (nSPS) is 17.4. The van der Waals surface area contributed by atoms with Crippen LogP contribution in [0.25, 0.3) is 0 Å². The van der Waals surface area contributed by atoms with Gasteiger partial charge in [0, 0.05) is 17.8 Å². The Labute approximate surface area is 103 Å². The molecule has 2 N–H and O–H groups in total. The molecule has 6 heteroatoms. The standard InChI is InChI=1S/C12H13FN2O3/c13-9-7-8(3-6-14-9)10(16)15-12(11(17)18)4-1-2-5-12/h3,6-7H,1-2,4-5H2,(H,15,16)(H,17,18). The summed E-state index contributed by atoms with van der Waals surface area (Å²) in [6.07, 6.45) is 3.50. The Morgan fingerprint density at radius 1 is 1.39 bits per heavy atom. The molecule has 0 aliphatic heterocycles. The molecule has 2 rings (SSSR count). The van der Waals surface area contributed by atoms with Crippen molar-refractivity contribution in [3.8, 4) is 0 Å². The number of hydrogen-bond acceptors (Lipinski definition) is 3. The van der Waals surface area contributed by atoms with Gasteiger partial charge in [0.2, 0.25) is 5.95 Å². The molecule has 1 aromatic rings. The minimum absolute atomic E-state index is 0.0787. The van der Waals surface area contributed by atoms with E-state index in [0.717, 1.165) is 18.9 Å². The van der Waals surface area contributed by atoms with E-state index in [9.17, 15) is 19.1 Å². The van der Waals surface area contributed by atoms with Gasteiger partial charge in [-0.3, -0.25) is 4.79 Å². The van der Waals surface area contributed by atoms with Gasteiger partial charge >= 0.3 is 5.97 Å². The number of pyridine rings is 1. The van der Waals surface area contributed by atoms with Gasteiger partial charge in [0.05, 0.1) is 0 Å². The number of carboxylic acids is 1. The first kappa shape index (κ1) is 12.5. The first-order valence-electron chi connectivity index (χ1n) is 5.71. The molecular formula is C12H13FN2O3. The second kappa shape index (κ2) is 4.72. The molecular weight excluding hydrogens is 239 g/mol. The third-order valence-electron chi connectivity index (χ3n) is 3.21. The first-order valence-corrected chi connectivity index (χ1v) is 5.71. The van der Waals surface area contributed by atoms with E-state index < -0.39 is 23.4 Å². The lowest BCUT2D eigenvalue weighted by atomic mass is 9.97. The summed E-state index contributed by atoms with van der Waals surface area (Å²) < 4.78 is 12.9. The molecule has 1 aromatic heterocycles. The van der Waals surface area contributed by atoms with Crippen LogP contribution in [0.5, 0.6) is 0 Å². The van der Waals surface area contributed by atoms with Crippen molar-refractivity contribution in [3.63, 3.8) is 0 Å². The van der Waals surface area contributed by atoms with Crippen LogP contribution in [0.2, 0.25) is 0 Å². The number of aliphatic carboxylic acids is 1. The van der Waals surface area contributed by atoms with Gasteiger partial charge in [0.15, 0.2) is 0 Å². The Balaban J connectivity index is 2.18. The van der Waals surface area contributed by atoms with Crippen molar-refractivity contribution in [3.05, 3.63) is 29.8 Å². The van der Waals surface area contributed by atoms with Crippen LogP contribution in [0.15, 0.2) is 18.3 Å². The van der Waals surface area contributed by atoms with Crippen LogP contribution < -0.4 is 5.32 Å². The maximum Gasteiger partial charge on any atom is 0.329 e. The fraction of sp³-hybridized carbons (Fsp3) is 0.417. The number of hydrogen-bond donors (Lipinski definition) is 2. The van der Waals surface area contributed by atoms with Crippen LogP contribution in [-0.4, -0.2) is 27.5 Å². The SMILES string of the molecule is O=C(NC1(C(=O)O)CCCC1)c1ccnc(F)c1. The largest absolute Gasteiger partial charge is 0.480 e. The average molecular weight is 252 g/mol. The van der Waals surface area contributed by atoms with Gasteiger partial charge in [0.1, 0.15) is 5.54 Å². The van der Waals surface area contributed by atoms with E-state index in [-0.39, 0.29) is 5.56 Å². The van der Waals surface area contributed by atoms with Gasteiger partial charge in [-0.05, 0) is 18.9 Å². The Morgan fingerprint density at radius 2 is 2.06 bits per heavy atom. The lowest BCUT2D eigenvalue weighted by Crippen LogP contribution is -2.52. The van der Waals surface area contributed by atoms with Crippen LogP contribution in [0.4, 0.5) is 4.39 Å². The average Bonchev–Trinajstić information content (AvgIpc) is 2.79. The molecule has 1 heterocycles. The van der Waals surface area contributed by atoms with E-state index in [1.54, 1.807) is 0 Å². The van der Waals surface area contributed by atoms with Crippen LogP contribution in [0, 0.1) is 5.95 Å². The lowest BCUT2D eigenvalue weighted by molar-refractivity contribution is -0.144. The van der Waals surface area contributed by atoms with Crippen LogP contribution in [0.3, 0.4) is 0 Å². The summed E-state index contributed by atoms with van der Waals surface area (Å²) in [4.78, 5) is 26.5. The number of nitrogens with zero attached hydrogens (tertiary/aromatic N) is 1. The summed E-state index contributed by atoms with van der Waals surface area (Å²) in [7, 11) is 0. The Hall–Kier alpha value is -1.98. The maximum absolute atomic E-state index is 12.9. The Morgan fingerprint density at radius 3 is 2.61 bits per heavy atom. The molecule has 0 atom stereocenters. The number of halogens is 1. The zero-order valence-corrected chi connectivity index (χ0v) is 9.65. The highest BCUT2D eigenvalue weighted by Crippen LogP contribution is 2.30. The van der Waals surface area contributed by atoms with Crippen LogP contribution in [-0.2, 0) is 4.79 Å². The minimum atomic E-state index is -1.21. The van der Waals surface area contributed by atoms with E-state index in [1.165, 1.54) is 12.3 Å². The van der Waals surface area contributed by atoms with Crippen molar-refractivity contribution >= 4 is 11.9 Å². The molecule has 1 aliphatic carbocycles. The number of aromatic nitrogens is 1. The predicted octanol–water partition coefficient (Wildman–Crippen LogP) is 1.35. The second-order valence-electron chi connectivity index (χ2n) is 4.42. The lowest BCUT2D eigenvalue weighted by Gasteiger charge is -2.25. The van der Waals surface area contributed by atoms with E-state index in [2.05, 4.69) is 10.3 Å². The summed E-state index contributed by atoms with van der Waals surface area (Å²) >= 11 is 0. The molecule has 1 fully saturated rings. The summed E-state index contributed by atoms with van der Waals surface area (Å²) in [5.74, 6) is -2.39. The van der Waals surface area contributed by atoms with Crippen molar-refractivity contribution in [1.29, 1.82) is 0 Å². The van der Waals surface area contributed by atoms with Gasteiger partial charge in [-0.25, -0.2) is 9.78 Å².